The highest BCUT2D eigenvalue weighted by atomic mass is 35.5. The van der Waals surface area contributed by atoms with Gasteiger partial charge in [-0.25, -0.2) is 9.97 Å². The molecule has 0 amide bonds. The Morgan fingerprint density at radius 3 is 2.58 bits per heavy atom. The summed E-state index contributed by atoms with van der Waals surface area (Å²) in [6.45, 7) is 5.81. The molecule has 1 unspecified atom stereocenters. The van der Waals surface area contributed by atoms with Crippen LogP contribution in [0.25, 0.3) is 11.3 Å². The van der Waals surface area contributed by atoms with Crippen LogP contribution < -0.4 is 10.6 Å². The van der Waals surface area contributed by atoms with Crippen LogP contribution in [0.2, 0.25) is 5.02 Å². The van der Waals surface area contributed by atoms with Crippen LogP contribution in [0.5, 0.6) is 0 Å². The maximum Gasteiger partial charge on any atom is 0.206 e. The van der Waals surface area contributed by atoms with Crippen LogP contribution in [0.3, 0.4) is 0 Å². The zero-order valence-electron chi connectivity index (χ0n) is 18.9. The third-order valence-electron chi connectivity index (χ3n) is 6.94. The molecule has 0 saturated carbocycles. The first-order valence-electron chi connectivity index (χ1n) is 11.3. The first kappa shape index (κ1) is 21.8. The largest absolute Gasteiger partial charge is 0.342 e. The number of fused-ring (bicyclic) bond motifs is 2. The predicted octanol–water partition coefficient (Wildman–Crippen LogP) is 4.55. The molecule has 1 atom stereocenters. The molecule has 2 aliphatic rings. The maximum atomic E-state index is 6.66. The van der Waals surface area contributed by atoms with Gasteiger partial charge in [-0.3, -0.25) is 4.98 Å². The van der Waals surface area contributed by atoms with Crippen molar-refractivity contribution in [3.8, 4) is 0 Å². The molecule has 4 aromatic rings. The van der Waals surface area contributed by atoms with Gasteiger partial charge in [0.15, 0.2) is 11.3 Å². The number of halogens is 1. The van der Waals surface area contributed by atoms with E-state index in [9.17, 15) is 0 Å². The summed E-state index contributed by atoms with van der Waals surface area (Å²) in [5.41, 5.74) is 13.0. The van der Waals surface area contributed by atoms with Crippen molar-refractivity contribution in [2.45, 2.75) is 39.2 Å². The fourth-order valence-corrected chi connectivity index (χ4v) is 5.05. The molecule has 1 aromatic carbocycles. The van der Waals surface area contributed by atoms with Gasteiger partial charge in [0.1, 0.15) is 0 Å². The van der Waals surface area contributed by atoms with Crippen molar-refractivity contribution in [2.24, 2.45) is 11.1 Å². The molecule has 1 saturated heterocycles. The van der Waals surface area contributed by atoms with Crippen LogP contribution in [-0.2, 0) is 6.42 Å². The molecule has 3 aromatic heterocycles. The number of aromatic nitrogens is 5. The molecule has 1 fully saturated rings. The number of H-pyrrole nitrogens is 1. The number of benzene rings is 1. The second-order valence-corrected chi connectivity index (χ2v) is 9.48. The quantitative estimate of drug-likeness (QED) is 0.431. The lowest BCUT2D eigenvalue weighted by Crippen LogP contribution is -2.44. The van der Waals surface area contributed by atoms with Crippen LogP contribution >= 0.6 is 11.6 Å². The van der Waals surface area contributed by atoms with Gasteiger partial charge in [0.2, 0.25) is 5.95 Å². The van der Waals surface area contributed by atoms with Crippen LogP contribution in [0, 0.1) is 19.3 Å². The van der Waals surface area contributed by atoms with E-state index in [1.165, 1.54) is 11.1 Å². The van der Waals surface area contributed by atoms with Gasteiger partial charge >= 0.3 is 0 Å². The Labute approximate surface area is 198 Å². The number of anilines is 1. The fourth-order valence-electron chi connectivity index (χ4n) is 4.93. The Kier molecular flexibility index (Phi) is 5.76. The van der Waals surface area contributed by atoms with E-state index in [1.807, 2.05) is 19.9 Å². The van der Waals surface area contributed by atoms with Crippen molar-refractivity contribution in [1.29, 1.82) is 0 Å². The van der Waals surface area contributed by atoms with Crippen molar-refractivity contribution in [3.63, 3.8) is 0 Å². The minimum atomic E-state index is 0.146. The third kappa shape index (κ3) is 4.18. The molecule has 0 radical (unpaired) electrons. The standard InChI is InChI=1S/C19H22N6.C6H6ClN/c1-12-11-21-16-17(22-12)24-18(23-16)25-8-6-19(7-9-25)10-13-4-2-3-5-14(13)15(19)20;1-5-2-3-8-4-6(5)7/h2-5,11,15H,6-10,20H2,1H3,(H,21,22,23,24);2-4H,1H3. The van der Waals surface area contributed by atoms with Crippen LogP contribution in [-0.4, -0.2) is 38.0 Å². The topological polar surface area (TPSA) is 96.6 Å². The lowest BCUT2D eigenvalue weighted by Gasteiger charge is -2.42. The molecule has 1 spiro atoms. The number of nitrogens with zero attached hydrogens (tertiary/aromatic N) is 5. The average molecular weight is 462 g/mol. The summed E-state index contributed by atoms with van der Waals surface area (Å²) in [6, 6.07) is 10.7. The van der Waals surface area contributed by atoms with E-state index < -0.39 is 0 Å². The smallest absolute Gasteiger partial charge is 0.206 e. The van der Waals surface area contributed by atoms with Gasteiger partial charge < -0.3 is 15.6 Å². The van der Waals surface area contributed by atoms with Crippen LogP contribution in [0.1, 0.15) is 41.3 Å². The molecule has 7 nitrogen and oxygen atoms in total. The first-order valence-corrected chi connectivity index (χ1v) is 11.7. The Morgan fingerprint density at radius 2 is 1.88 bits per heavy atom. The van der Waals surface area contributed by atoms with Crippen LogP contribution in [0.15, 0.2) is 48.9 Å². The molecule has 8 heteroatoms. The molecule has 1 aliphatic carbocycles. The zero-order chi connectivity index (χ0) is 23.0. The summed E-state index contributed by atoms with van der Waals surface area (Å²) in [6.07, 6.45) is 8.38. The fraction of sp³-hybridized carbons (Fsp3) is 0.360. The highest BCUT2D eigenvalue weighted by Gasteiger charge is 2.46. The summed E-state index contributed by atoms with van der Waals surface area (Å²) < 4.78 is 0. The molecule has 170 valence electrons. The van der Waals surface area contributed by atoms with Gasteiger partial charge in [-0.15, -0.1) is 0 Å². The molecule has 6 rings (SSSR count). The van der Waals surface area contributed by atoms with Crippen molar-refractivity contribution < 1.29 is 0 Å². The average Bonchev–Trinajstić information content (AvgIpc) is 3.36. The number of aromatic amines is 1. The van der Waals surface area contributed by atoms with Crippen molar-refractivity contribution in [1.82, 2.24) is 24.9 Å². The Morgan fingerprint density at radius 1 is 1.09 bits per heavy atom. The number of nitrogens with two attached hydrogens (primary N) is 1. The number of aryl methyl sites for hydroxylation is 2. The number of hydrogen-bond acceptors (Lipinski definition) is 6. The Balaban J connectivity index is 0.000000243. The number of imidazole rings is 1. The Hall–Kier alpha value is -3.03. The van der Waals surface area contributed by atoms with Crippen LogP contribution in [0.4, 0.5) is 5.95 Å². The van der Waals surface area contributed by atoms with Gasteiger partial charge in [0.05, 0.1) is 16.9 Å². The third-order valence-corrected chi connectivity index (χ3v) is 7.34. The summed E-state index contributed by atoms with van der Waals surface area (Å²) in [5, 5.41) is 0.729. The first-order chi connectivity index (χ1) is 15.9. The van der Waals surface area contributed by atoms with E-state index in [4.69, 9.17) is 17.3 Å². The van der Waals surface area contributed by atoms with E-state index in [2.05, 4.69) is 54.1 Å². The van der Waals surface area contributed by atoms with Crippen molar-refractivity contribution >= 4 is 28.8 Å². The normalized spacial score (nSPS) is 18.8. The second kappa shape index (κ2) is 8.72. The van der Waals surface area contributed by atoms with Gasteiger partial charge in [0.25, 0.3) is 0 Å². The summed E-state index contributed by atoms with van der Waals surface area (Å²) in [7, 11) is 0. The molecular weight excluding hydrogens is 434 g/mol. The van der Waals surface area contributed by atoms with Crippen molar-refractivity contribution in [3.05, 3.63) is 76.3 Å². The van der Waals surface area contributed by atoms with Gasteiger partial charge in [-0.05, 0) is 61.3 Å². The molecule has 1 aliphatic heterocycles. The monoisotopic (exact) mass is 461 g/mol. The van der Waals surface area contributed by atoms with Gasteiger partial charge in [-0.2, -0.15) is 4.98 Å². The second-order valence-electron chi connectivity index (χ2n) is 9.07. The van der Waals surface area contributed by atoms with Gasteiger partial charge in [-0.1, -0.05) is 35.9 Å². The SMILES string of the molecule is Cc1ccncc1Cl.Cc1cnc2nc(N3CCC4(CC3)Cc3ccccc3C4N)[nH]c2n1. The Bertz CT molecular complexity index is 1260. The van der Waals surface area contributed by atoms with E-state index in [0.29, 0.717) is 5.65 Å². The van der Waals surface area contributed by atoms with E-state index in [1.54, 1.807) is 18.6 Å². The number of rotatable bonds is 1. The number of pyridine rings is 1. The van der Waals surface area contributed by atoms with E-state index >= 15 is 0 Å². The lowest BCUT2D eigenvalue weighted by atomic mass is 9.73. The summed E-state index contributed by atoms with van der Waals surface area (Å²) >= 11 is 5.65. The molecule has 33 heavy (non-hydrogen) atoms. The maximum absolute atomic E-state index is 6.66. The van der Waals surface area contributed by atoms with Crippen molar-refractivity contribution in [2.75, 3.05) is 18.0 Å². The van der Waals surface area contributed by atoms with Gasteiger partial charge in [0, 0.05) is 31.5 Å². The highest BCUT2D eigenvalue weighted by Crippen LogP contribution is 2.50. The highest BCUT2D eigenvalue weighted by molar-refractivity contribution is 6.31. The van der Waals surface area contributed by atoms with E-state index in [0.717, 1.165) is 60.2 Å². The predicted molar refractivity (Wildman–Crippen MR) is 131 cm³/mol. The summed E-state index contributed by atoms with van der Waals surface area (Å²) in [4.78, 5) is 22.9. The molecule has 0 bridgehead atoms. The number of nitrogens with one attached hydrogen (secondary N) is 1. The number of hydrogen-bond donors (Lipinski definition) is 2. The molecular formula is C25H28ClN7. The minimum Gasteiger partial charge on any atom is -0.342 e. The number of piperidine rings is 1. The van der Waals surface area contributed by atoms with E-state index in [-0.39, 0.29) is 11.5 Å². The lowest BCUT2D eigenvalue weighted by molar-refractivity contribution is 0.187. The zero-order valence-corrected chi connectivity index (χ0v) is 19.7. The summed E-state index contributed by atoms with van der Waals surface area (Å²) in [5.74, 6) is 0.875. The molecule has 3 N–H and O–H groups in total. The minimum absolute atomic E-state index is 0.146. The molecule has 4 heterocycles.